The molecule has 0 bridgehead atoms. The summed E-state index contributed by atoms with van der Waals surface area (Å²) in [6.07, 6.45) is 0. The van der Waals surface area contributed by atoms with Crippen molar-refractivity contribution in [2.45, 2.75) is 54.5 Å². The van der Waals surface area contributed by atoms with Crippen LogP contribution in [-0.4, -0.2) is 34.5 Å². The molecule has 1 aromatic rings. The number of carboxylic acids is 1. The first kappa shape index (κ1) is 17.2. The number of rotatable bonds is 4. The summed E-state index contributed by atoms with van der Waals surface area (Å²) in [4.78, 5) is 25.3. The highest BCUT2D eigenvalue weighted by molar-refractivity contribution is 5.99. The molecule has 0 spiro atoms. The largest absolute Gasteiger partial charge is 0.480 e. The molecule has 0 aliphatic carbocycles. The molecule has 0 heterocycles. The van der Waals surface area contributed by atoms with Crippen molar-refractivity contribution in [2.75, 3.05) is 6.54 Å². The van der Waals surface area contributed by atoms with Gasteiger partial charge in [0.2, 0.25) is 0 Å². The van der Waals surface area contributed by atoms with Crippen LogP contribution in [-0.2, 0) is 4.79 Å². The van der Waals surface area contributed by atoms with Crippen molar-refractivity contribution < 1.29 is 14.7 Å². The van der Waals surface area contributed by atoms with Gasteiger partial charge in [0.25, 0.3) is 5.91 Å². The third-order valence-corrected chi connectivity index (χ3v) is 4.40. The van der Waals surface area contributed by atoms with Gasteiger partial charge in [-0.25, -0.2) is 0 Å². The van der Waals surface area contributed by atoms with Gasteiger partial charge in [0.05, 0.1) is 0 Å². The SMILES string of the molecule is Cc1c(C)c(C)c(C(=O)N(CC(=O)O)C(C)C)c(C)c1C. The van der Waals surface area contributed by atoms with Crippen molar-refractivity contribution >= 4 is 11.9 Å². The fourth-order valence-electron chi connectivity index (χ4n) is 2.60. The number of benzene rings is 1. The van der Waals surface area contributed by atoms with E-state index in [4.69, 9.17) is 5.11 Å². The molecule has 1 N–H and O–H groups in total. The predicted molar refractivity (Wildman–Crippen MR) is 83.9 cm³/mol. The van der Waals surface area contributed by atoms with Crippen molar-refractivity contribution in [1.29, 1.82) is 0 Å². The Morgan fingerprint density at radius 3 is 1.62 bits per heavy atom. The van der Waals surface area contributed by atoms with Gasteiger partial charge in [0.15, 0.2) is 0 Å². The number of aliphatic carboxylic acids is 1. The monoisotopic (exact) mass is 291 g/mol. The molecule has 0 atom stereocenters. The van der Waals surface area contributed by atoms with Crippen LogP contribution in [0.2, 0.25) is 0 Å². The van der Waals surface area contributed by atoms with Gasteiger partial charge in [0, 0.05) is 11.6 Å². The molecule has 0 aromatic heterocycles. The van der Waals surface area contributed by atoms with Crippen LogP contribution in [0, 0.1) is 34.6 Å². The zero-order chi connectivity index (χ0) is 16.5. The molecule has 1 amide bonds. The van der Waals surface area contributed by atoms with Crippen LogP contribution < -0.4 is 0 Å². The van der Waals surface area contributed by atoms with Crippen LogP contribution in [0.4, 0.5) is 0 Å². The van der Waals surface area contributed by atoms with Gasteiger partial charge in [-0.3, -0.25) is 9.59 Å². The third-order valence-electron chi connectivity index (χ3n) is 4.40. The molecule has 0 aliphatic rings. The van der Waals surface area contributed by atoms with Crippen LogP contribution in [0.15, 0.2) is 0 Å². The maximum atomic E-state index is 12.8. The van der Waals surface area contributed by atoms with E-state index in [2.05, 4.69) is 6.92 Å². The van der Waals surface area contributed by atoms with Gasteiger partial charge < -0.3 is 10.0 Å². The topological polar surface area (TPSA) is 57.6 Å². The van der Waals surface area contributed by atoms with E-state index in [0.717, 1.165) is 22.3 Å². The molecule has 1 rings (SSSR count). The highest BCUT2D eigenvalue weighted by Crippen LogP contribution is 2.27. The molecule has 0 unspecified atom stereocenters. The lowest BCUT2D eigenvalue weighted by Gasteiger charge is -2.28. The van der Waals surface area contributed by atoms with E-state index in [1.165, 1.54) is 10.5 Å². The summed E-state index contributed by atoms with van der Waals surface area (Å²) in [5.41, 5.74) is 5.91. The van der Waals surface area contributed by atoms with Gasteiger partial charge in [-0.1, -0.05) is 0 Å². The van der Waals surface area contributed by atoms with Gasteiger partial charge in [-0.15, -0.1) is 0 Å². The third kappa shape index (κ3) is 3.26. The van der Waals surface area contributed by atoms with E-state index in [9.17, 15) is 9.59 Å². The molecule has 21 heavy (non-hydrogen) atoms. The van der Waals surface area contributed by atoms with Crippen LogP contribution in [0.25, 0.3) is 0 Å². The molecule has 0 saturated carbocycles. The lowest BCUT2D eigenvalue weighted by molar-refractivity contribution is -0.138. The second-order valence-corrected chi connectivity index (χ2v) is 5.92. The summed E-state index contributed by atoms with van der Waals surface area (Å²) in [5.74, 6) is -1.19. The molecule has 4 nitrogen and oxygen atoms in total. The standard InChI is InChI=1S/C17H25NO3/c1-9(2)18(8-15(19)20)17(21)16-13(6)11(4)10(3)12(5)14(16)7/h9H,8H2,1-7H3,(H,19,20). The maximum Gasteiger partial charge on any atom is 0.323 e. The van der Waals surface area contributed by atoms with Crippen molar-refractivity contribution in [1.82, 2.24) is 4.90 Å². The minimum Gasteiger partial charge on any atom is -0.480 e. The van der Waals surface area contributed by atoms with E-state index < -0.39 is 5.97 Å². The van der Waals surface area contributed by atoms with Crippen LogP contribution in [0.3, 0.4) is 0 Å². The summed E-state index contributed by atoms with van der Waals surface area (Å²) in [6.45, 7) is 13.3. The molecule has 0 fully saturated rings. The quantitative estimate of drug-likeness (QED) is 0.927. The van der Waals surface area contributed by atoms with Gasteiger partial charge >= 0.3 is 5.97 Å². The zero-order valence-electron chi connectivity index (χ0n) is 14.0. The summed E-state index contributed by atoms with van der Waals surface area (Å²) >= 11 is 0. The second-order valence-electron chi connectivity index (χ2n) is 5.92. The van der Waals surface area contributed by atoms with E-state index in [-0.39, 0.29) is 18.5 Å². The molecule has 116 valence electrons. The molecular formula is C17H25NO3. The number of amides is 1. The molecule has 0 radical (unpaired) electrons. The summed E-state index contributed by atoms with van der Waals surface area (Å²) < 4.78 is 0. The van der Waals surface area contributed by atoms with Gasteiger partial charge in [0.1, 0.15) is 6.54 Å². The lowest BCUT2D eigenvalue weighted by Crippen LogP contribution is -2.41. The number of carbonyl (C=O) groups is 2. The van der Waals surface area contributed by atoms with Gasteiger partial charge in [-0.2, -0.15) is 0 Å². The minimum absolute atomic E-state index is 0.158. The number of hydrogen-bond donors (Lipinski definition) is 1. The summed E-state index contributed by atoms with van der Waals surface area (Å²) in [7, 11) is 0. The van der Waals surface area contributed by atoms with Crippen molar-refractivity contribution in [3.05, 3.63) is 33.4 Å². The summed E-state index contributed by atoms with van der Waals surface area (Å²) in [5, 5.41) is 9.03. The first-order valence-corrected chi connectivity index (χ1v) is 7.19. The summed E-state index contributed by atoms with van der Waals surface area (Å²) in [6, 6.07) is -0.158. The fraction of sp³-hybridized carbons (Fsp3) is 0.529. The maximum absolute atomic E-state index is 12.8. The number of carbonyl (C=O) groups excluding carboxylic acids is 1. The Morgan fingerprint density at radius 1 is 0.905 bits per heavy atom. The van der Waals surface area contributed by atoms with Crippen LogP contribution in [0.5, 0.6) is 0 Å². The smallest absolute Gasteiger partial charge is 0.323 e. The Kier molecular flexibility index (Phi) is 5.15. The zero-order valence-corrected chi connectivity index (χ0v) is 14.0. The highest BCUT2D eigenvalue weighted by Gasteiger charge is 2.26. The lowest BCUT2D eigenvalue weighted by atomic mass is 9.89. The Hall–Kier alpha value is -1.84. The Bertz CT molecular complexity index is 559. The van der Waals surface area contributed by atoms with Crippen molar-refractivity contribution in [3.63, 3.8) is 0 Å². The molecule has 0 aliphatic heterocycles. The second kappa shape index (κ2) is 6.29. The van der Waals surface area contributed by atoms with Crippen LogP contribution >= 0.6 is 0 Å². The molecular weight excluding hydrogens is 266 g/mol. The Balaban J connectivity index is 3.45. The fourth-order valence-corrected chi connectivity index (χ4v) is 2.60. The van der Waals surface area contributed by atoms with Crippen molar-refractivity contribution in [3.8, 4) is 0 Å². The molecule has 0 saturated heterocycles. The van der Waals surface area contributed by atoms with Crippen LogP contribution in [0.1, 0.15) is 52.0 Å². The first-order valence-electron chi connectivity index (χ1n) is 7.19. The Morgan fingerprint density at radius 2 is 1.29 bits per heavy atom. The molecule has 4 heteroatoms. The first-order chi connectivity index (χ1) is 9.59. The normalized spacial score (nSPS) is 10.9. The number of hydrogen-bond acceptors (Lipinski definition) is 2. The van der Waals surface area contributed by atoms with E-state index >= 15 is 0 Å². The van der Waals surface area contributed by atoms with Gasteiger partial charge in [-0.05, 0) is 76.3 Å². The van der Waals surface area contributed by atoms with E-state index in [1.807, 2.05) is 41.5 Å². The number of nitrogens with zero attached hydrogens (tertiary/aromatic N) is 1. The predicted octanol–water partition coefficient (Wildman–Crippen LogP) is 3.16. The number of carboxylic acid groups (broad SMARTS) is 1. The Labute approximate surface area is 126 Å². The average molecular weight is 291 g/mol. The van der Waals surface area contributed by atoms with E-state index in [0.29, 0.717) is 5.56 Å². The highest BCUT2D eigenvalue weighted by atomic mass is 16.4. The van der Waals surface area contributed by atoms with Crippen molar-refractivity contribution in [2.24, 2.45) is 0 Å². The van der Waals surface area contributed by atoms with E-state index in [1.54, 1.807) is 0 Å². The minimum atomic E-state index is -0.993. The average Bonchev–Trinajstić information content (AvgIpc) is 2.39. The molecule has 1 aromatic carbocycles.